The van der Waals surface area contributed by atoms with Gasteiger partial charge in [0.2, 0.25) is 0 Å². The molecule has 0 amide bonds. The highest BCUT2D eigenvalue weighted by atomic mass is 16.4. The third kappa shape index (κ3) is 3.31. The molecule has 2 aromatic rings. The lowest BCUT2D eigenvalue weighted by Gasteiger charge is -2.20. The van der Waals surface area contributed by atoms with Crippen molar-refractivity contribution < 1.29 is 9.90 Å². The molecular formula is C18H19NO2. The Balaban J connectivity index is 1.81. The predicted molar refractivity (Wildman–Crippen MR) is 82.3 cm³/mol. The highest BCUT2D eigenvalue weighted by Crippen LogP contribution is 2.21. The molecule has 3 heteroatoms. The lowest BCUT2D eigenvalue weighted by atomic mass is 10.0. The van der Waals surface area contributed by atoms with Gasteiger partial charge >= 0.3 is 5.97 Å². The summed E-state index contributed by atoms with van der Waals surface area (Å²) in [6, 6.07) is 16.0. The molecule has 0 saturated carbocycles. The lowest BCUT2D eigenvalue weighted by Crippen LogP contribution is -2.22. The van der Waals surface area contributed by atoms with Crippen LogP contribution >= 0.6 is 0 Å². The number of carbonyl (C=O) groups is 1. The van der Waals surface area contributed by atoms with Crippen molar-refractivity contribution in [2.75, 3.05) is 6.54 Å². The second-order valence-corrected chi connectivity index (χ2v) is 5.59. The molecular weight excluding hydrogens is 262 g/mol. The Morgan fingerprint density at radius 3 is 2.67 bits per heavy atom. The fraction of sp³-hybridized carbons (Fsp3) is 0.278. The maximum atomic E-state index is 11.1. The van der Waals surface area contributed by atoms with Gasteiger partial charge in [0.1, 0.15) is 0 Å². The van der Waals surface area contributed by atoms with Crippen molar-refractivity contribution >= 4 is 5.97 Å². The maximum absolute atomic E-state index is 11.1. The summed E-state index contributed by atoms with van der Waals surface area (Å²) < 4.78 is 0. The molecule has 3 nitrogen and oxygen atoms in total. The first-order valence-corrected chi connectivity index (χ1v) is 7.34. The molecule has 0 fully saturated rings. The molecule has 108 valence electrons. The van der Waals surface area contributed by atoms with Crippen LogP contribution in [-0.2, 0) is 19.5 Å². The molecule has 0 aromatic heterocycles. The van der Waals surface area contributed by atoms with E-state index in [-0.39, 0.29) is 0 Å². The minimum absolute atomic E-state index is 0.385. The Labute approximate surface area is 124 Å². The zero-order chi connectivity index (χ0) is 14.7. The molecule has 0 bridgehead atoms. The van der Waals surface area contributed by atoms with Crippen LogP contribution in [0.2, 0.25) is 0 Å². The summed E-state index contributed by atoms with van der Waals surface area (Å²) in [6.45, 7) is 2.79. The van der Waals surface area contributed by atoms with Crippen molar-refractivity contribution in [2.45, 2.75) is 25.9 Å². The number of nitrogens with zero attached hydrogens (tertiary/aromatic N) is 1. The SMILES string of the molecule is O=C(O)c1ccc2c(c1)CN(Cc1ccccc1)CCC2. The quantitative estimate of drug-likeness (QED) is 0.938. The van der Waals surface area contributed by atoms with E-state index in [4.69, 9.17) is 5.11 Å². The van der Waals surface area contributed by atoms with Crippen LogP contribution in [0.15, 0.2) is 48.5 Å². The largest absolute Gasteiger partial charge is 0.478 e. The number of rotatable bonds is 3. The summed E-state index contributed by atoms with van der Waals surface area (Å²) in [6.07, 6.45) is 2.15. The molecule has 2 aromatic carbocycles. The second-order valence-electron chi connectivity index (χ2n) is 5.59. The number of fused-ring (bicyclic) bond motifs is 1. The van der Waals surface area contributed by atoms with Crippen molar-refractivity contribution in [1.82, 2.24) is 4.90 Å². The minimum atomic E-state index is -0.850. The third-order valence-corrected chi connectivity index (χ3v) is 4.02. The van der Waals surface area contributed by atoms with E-state index >= 15 is 0 Å². The lowest BCUT2D eigenvalue weighted by molar-refractivity contribution is 0.0696. The number of hydrogen-bond acceptors (Lipinski definition) is 2. The normalized spacial score (nSPS) is 15.2. The van der Waals surface area contributed by atoms with Gasteiger partial charge in [-0.3, -0.25) is 4.90 Å². The van der Waals surface area contributed by atoms with E-state index in [0.717, 1.165) is 38.0 Å². The van der Waals surface area contributed by atoms with Crippen LogP contribution < -0.4 is 0 Å². The molecule has 0 unspecified atom stereocenters. The van der Waals surface area contributed by atoms with E-state index in [1.165, 1.54) is 11.1 Å². The van der Waals surface area contributed by atoms with Gasteiger partial charge in [0.05, 0.1) is 5.56 Å². The van der Waals surface area contributed by atoms with Gasteiger partial charge in [0.25, 0.3) is 0 Å². The van der Waals surface area contributed by atoms with Crippen LogP contribution in [0.1, 0.15) is 33.5 Å². The first-order valence-electron chi connectivity index (χ1n) is 7.34. The first kappa shape index (κ1) is 13.8. The van der Waals surface area contributed by atoms with Gasteiger partial charge in [0.15, 0.2) is 0 Å². The predicted octanol–water partition coefficient (Wildman–Crippen LogP) is 3.33. The van der Waals surface area contributed by atoms with E-state index in [1.807, 2.05) is 18.2 Å². The fourth-order valence-electron chi connectivity index (χ4n) is 2.94. The molecule has 0 atom stereocenters. The Morgan fingerprint density at radius 2 is 1.90 bits per heavy atom. The maximum Gasteiger partial charge on any atom is 0.335 e. The smallest absolute Gasteiger partial charge is 0.335 e. The van der Waals surface area contributed by atoms with E-state index in [9.17, 15) is 4.79 Å². The fourth-order valence-corrected chi connectivity index (χ4v) is 2.94. The van der Waals surface area contributed by atoms with E-state index in [0.29, 0.717) is 5.56 Å². The summed E-state index contributed by atoms with van der Waals surface area (Å²) in [7, 11) is 0. The summed E-state index contributed by atoms with van der Waals surface area (Å²) >= 11 is 0. The van der Waals surface area contributed by atoms with Crippen LogP contribution in [-0.4, -0.2) is 22.5 Å². The Hall–Kier alpha value is -2.13. The molecule has 1 N–H and O–H groups in total. The van der Waals surface area contributed by atoms with Crippen LogP contribution in [0.5, 0.6) is 0 Å². The number of carboxylic acids is 1. The Bertz CT molecular complexity index is 637. The Kier molecular flexibility index (Phi) is 4.02. The second kappa shape index (κ2) is 6.10. The molecule has 1 aliphatic heterocycles. The number of aryl methyl sites for hydroxylation is 1. The van der Waals surface area contributed by atoms with Gasteiger partial charge in [-0.05, 0) is 48.2 Å². The van der Waals surface area contributed by atoms with E-state index in [2.05, 4.69) is 29.2 Å². The van der Waals surface area contributed by atoms with Crippen LogP contribution in [0.4, 0.5) is 0 Å². The van der Waals surface area contributed by atoms with Gasteiger partial charge in [-0.25, -0.2) is 4.79 Å². The topological polar surface area (TPSA) is 40.5 Å². The molecule has 0 aliphatic carbocycles. The van der Waals surface area contributed by atoms with Gasteiger partial charge in [-0.1, -0.05) is 36.4 Å². The third-order valence-electron chi connectivity index (χ3n) is 4.02. The zero-order valence-corrected chi connectivity index (χ0v) is 12.0. The first-order chi connectivity index (χ1) is 10.2. The number of benzene rings is 2. The number of hydrogen-bond donors (Lipinski definition) is 1. The molecule has 1 aliphatic rings. The van der Waals surface area contributed by atoms with Crippen molar-refractivity contribution in [3.05, 3.63) is 70.8 Å². The standard InChI is InChI=1S/C18H19NO2/c20-18(21)16-9-8-15-7-4-10-19(13-17(15)11-16)12-14-5-2-1-3-6-14/h1-3,5-6,8-9,11H,4,7,10,12-13H2,(H,20,21). The van der Waals surface area contributed by atoms with Crippen molar-refractivity contribution in [1.29, 1.82) is 0 Å². The molecule has 21 heavy (non-hydrogen) atoms. The molecule has 1 heterocycles. The summed E-state index contributed by atoms with van der Waals surface area (Å²) in [5, 5.41) is 9.14. The average molecular weight is 281 g/mol. The highest BCUT2D eigenvalue weighted by molar-refractivity contribution is 5.87. The van der Waals surface area contributed by atoms with Gasteiger partial charge in [-0.2, -0.15) is 0 Å². The molecule has 0 saturated heterocycles. The zero-order valence-electron chi connectivity index (χ0n) is 12.0. The van der Waals surface area contributed by atoms with E-state index < -0.39 is 5.97 Å². The molecule has 0 radical (unpaired) electrons. The van der Waals surface area contributed by atoms with Crippen molar-refractivity contribution in [3.63, 3.8) is 0 Å². The summed E-state index contributed by atoms with van der Waals surface area (Å²) in [5.41, 5.74) is 4.13. The van der Waals surface area contributed by atoms with Crippen LogP contribution in [0, 0.1) is 0 Å². The van der Waals surface area contributed by atoms with Crippen molar-refractivity contribution in [3.8, 4) is 0 Å². The van der Waals surface area contributed by atoms with Crippen LogP contribution in [0.25, 0.3) is 0 Å². The molecule has 0 spiro atoms. The Morgan fingerprint density at radius 1 is 1.10 bits per heavy atom. The number of carboxylic acid groups (broad SMARTS) is 1. The summed E-state index contributed by atoms with van der Waals surface area (Å²) in [4.78, 5) is 13.5. The minimum Gasteiger partial charge on any atom is -0.478 e. The van der Waals surface area contributed by atoms with Gasteiger partial charge < -0.3 is 5.11 Å². The van der Waals surface area contributed by atoms with Gasteiger partial charge in [0, 0.05) is 13.1 Å². The van der Waals surface area contributed by atoms with Crippen molar-refractivity contribution in [2.24, 2.45) is 0 Å². The summed E-state index contributed by atoms with van der Waals surface area (Å²) in [5.74, 6) is -0.850. The van der Waals surface area contributed by atoms with Crippen LogP contribution in [0.3, 0.4) is 0 Å². The average Bonchev–Trinajstić information content (AvgIpc) is 2.69. The highest BCUT2D eigenvalue weighted by Gasteiger charge is 2.16. The van der Waals surface area contributed by atoms with E-state index in [1.54, 1.807) is 6.07 Å². The monoisotopic (exact) mass is 281 g/mol. The number of aromatic carboxylic acids is 1. The van der Waals surface area contributed by atoms with Gasteiger partial charge in [-0.15, -0.1) is 0 Å². The molecule has 3 rings (SSSR count).